The minimum absolute atomic E-state index is 0.0721. The number of rotatable bonds is 10. The molecule has 4 rings (SSSR count). The van der Waals surface area contributed by atoms with Crippen molar-refractivity contribution in [2.75, 3.05) is 13.2 Å². The summed E-state index contributed by atoms with van der Waals surface area (Å²) >= 11 is 0. The van der Waals surface area contributed by atoms with Crippen LogP contribution in [-0.2, 0) is 28.5 Å². The number of carbonyl (C=O) groups excluding carboxylic acids is 2. The molecule has 0 spiro atoms. The minimum atomic E-state index is -0.204. The van der Waals surface area contributed by atoms with Crippen molar-refractivity contribution in [2.45, 2.75) is 79.8 Å². The van der Waals surface area contributed by atoms with E-state index in [1.54, 1.807) is 0 Å². The lowest BCUT2D eigenvalue weighted by Crippen LogP contribution is -2.52. The molecule has 2 aliphatic rings. The Balaban J connectivity index is 1.29. The molecule has 7 nitrogen and oxygen atoms in total. The molecule has 2 aromatic rings. The summed E-state index contributed by atoms with van der Waals surface area (Å²) in [6.45, 7) is 16.4. The van der Waals surface area contributed by atoms with E-state index >= 15 is 0 Å². The third kappa shape index (κ3) is 6.15. The second-order valence-electron chi connectivity index (χ2n) is 12.5. The SMILES string of the molecule is CC(C)C(=O)OCC1OC(c2ccc(Oc3ccc(C4OC(COC(=O)C(C)C)C4(C)C)cc3)cc2)C1(C)C. The Morgan fingerprint density at radius 3 is 1.28 bits per heavy atom. The highest BCUT2D eigenvalue weighted by Crippen LogP contribution is 2.52. The second-order valence-corrected chi connectivity index (χ2v) is 12.5. The lowest BCUT2D eigenvalue weighted by molar-refractivity contribution is -0.254. The maximum atomic E-state index is 11.8. The van der Waals surface area contributed by atoms with E-state index in [4.69, 9.17) is 23.7 Å². The van der Waals surface area contributed by atoms with Crippen LogP contribution in [0.5, 0.6) is 11.5 Å². The van der Waals surface area contributed by atoms with E-state index in [1.165, 1.54) is 0 Å². The van der Waals surface area contributed by atoms with Crippen molar-refractivity contribution in [1.82, 2.24) is 0 Å². The van der Waals surface area contributed by atoms with Crippen LogP contribution >= 0.6 is 0 Å². The summed E-state index contributed by atoms with van der Waals surface area (Å²) in [7, 11) is 0. The number of hydrogen-bond acceptors (Lipinski definition) is 7. The number of esters is 2. The van der Waals surface area contributed by atoms with Gasteiger partial charge in [-0.1, -0.05) is 79.7 Å². The van der Waals surface area contributed by atoms with Crippen molar-refractivity contribution in [3.8, 4) is 11.5 Å². The maximum Gasteiger partial charge on any atom is 0.308 e. The molecule has 0 N–H and O–H groups in total. The molecule has 0 saturated carbocycles. The van der Waals surface area contributed by atoms with Crippen LogP contribution in [0.25, 0.3) is 0 Å². The Labute approximate surface area is 232 Å². The third-order valence-corrected chi connectivity index (χ3v) is 7.91. The summed E-state index contributed by atoms with van der Waals surface area (Å²) in [6, 6.07) is 15.8. The van der Waals surface area contributed by atoms with Gasteiger partial charge in [-0.25, -0.2) is 0 Å². The molecular formula is C32H42O7. The topological polar surface area (TPSA) is 80.3 Å². The summed E-state index contributed by atoms with van der Waals surface area (Å²) in [5.41, 5.74) is 1.82. The molecule has 2 fully saturated rings. The Hall–Kier alpha value is -2.90. The molecule has 7 heteroatoms. The van der Waals surface area contributed by atoms with Crippen LogP contribution in [0.2, 0.25) is 0 Å². The molecule has 39 heavy (non-hydrogen) atoms. The van der Waals surface area contributed by atoms with Crippen LogP contribution in [0, 0.1) is 22.7 Å². The lowest BCUT2D eigenvalue weighted by Gasteiger charge is -2.51. The van der Waals surface area contributed by atoms with Gasteiger partial charge in [-0.2, -0.15) is 0 Å². The Kier molecular flexibility index (Phi) is 8.43. The molecule has 2 aliphatic heterocycles. The normalized spacial score (nSPS) is 25.0. The Bertz CT molecular complexity index is 1060. The first-order chi connectivity index (χ1) is 18.3. The fourth-order valence-electron chi connectivity index (χ4n) is 4.95. The fraction of sp³-hybridized carbons (Fsp3) is 0.562. The molecule has 2 saturated heterocycles. The maximum absolute atomic E-state index is 11.8. The summed E-state index contributed by atoms with van der Waals surface area (Å²) in [6.07, 6.45) is -0.404. The largest absolute Gasteiger partial charge is 0.463 e. The van der Waals surface area contributed by atoms with Crippen molar-refractivity contribution in [3.05, 3.63) is 59.7 Å². The average Bonchev–Trinajstić information content (AvgIpc) is 2.88. The molecule has 0 radical (unpaired) electrons. The lowest BCUT2D eigenvalue weighted by atomic mass is 9.72. The summed E-state index contributed by atoms with van der Waals surface area (Å²) < 4.78 is 29.0. The van der Waals surface area contributed by atoms with Gasteiger partial charge in [-0.3, -0.25) is 9.59 Å². The minimum Gasteiger partial charge on any atom is -0.463 e. The number of ether oxygens (including phenoxy) is 5. The van der Waals surface area contributed by atoms with Crippen molar-refractivity contribution in [2.24, 2.45) is 22.7 Å². The van der Waals surface area contributed by atoms with Crippen molar-refractivity contribution >= 4 is 11.9 Å². The molecule has 212 valence electrons. The van der Waals surface area contributed by atoms with Gasteiger partial charge in [-0.05, 0) is 35.4 Å². The molecule has 0 bridgehead atoms. The quantitative estimate of drug-likeness (QED) is 0.307. The van der Waals surface area contributed by atoms with Gasteiger partial charge in [0.2, 0.25) is 0 Å². The molecule has 4 atom stereocenters. The zero-order valence-electron chi connectivity index (χ0n) is 24.4. The fourth-order valence-corrected chi connectivity index (χ4v) is 4.95. The highest BCUT2D eigenvalue weighted by molar-refractivity contribution is 5.71. The second kappa shape index (κ2) is 11.3. The van der Waals surface area contributed by atoms with Crippen molar-refractivity contribution < 1.29 is 33.3 Å². The molecule has 0 amide bonds. The van der Waals surface area contributed by atoms with Gasteiger partial charge in [0, 0.05) is 10.8 Å². The van der Waals surface area contributed by atoms with Crippen LogP contribution in [0.4, 0.5) is 0 Å². The highest BCUT2D eigenvalue weighted by Gasteiger charge is 2.52. The van der Waals surface area contributed by atoms with E-state index < -0.39 is 0 Å². The van der Waals surface area contributed by atoms with Gasteiger partial charge in [0.25, 0.3) is 0 Å². The monoisotopic (exact) mass is 538 g/mol. The van der Waals surface area contributed by atoms with Gasteiger partial charge in [-0.15, -0.1) is 0 Å². The zero-order chi connectivity index (χ0) is 28.5. The van der Waals surface area contributed by atoms with E-state index in [1.807, 2.05) is 76.2 Å². The summed E-state index contributed by atoms with van der Waals surface area (Å²) in [4.78, 5) is 23.6. The predicted molar refractivity (Wildman–Crippen MR) is 147 cm³/mol. The number of benzene rings is 2. The number of carbonyl (C=O) groups is 2. The predicted octanol–water partition coefficient (Wildman–Crippen LogP) is 6.81. The molecule has 2 aromatic carbocycles. The van der Waals surface area contributed by atoms with Crippen LogP contribution in [0.3, 0.4) is 0 Å². The highest BCUT2D eigenvalue weighted by atomic mass is 16.6. The van der Waals surface area contributed by atoms with Gasteiger partial charge in [0.15, 0.2) is 0 Å². The first-order valence-electron chi connectivity index (χ1n) is 13.8. The van der Waals surface area contributed by atoms with Gasteiger partial charge in [0.1, 0.15) is 36.9 Å². The van der Waals surface area contributed by atoms with E-state index in [-0.39, 0.29) is 72.2 Å². The standard InChI is InChI=1S/C32H42O7/c1-19(2)29(33)35-17-25-31(5,6)27(38-25)21-9-13-23(14-10-21)37-24-15-11-22(12-16-24)28-32(7,8)26(39-28)18-36-30(34)20(3)4/h9-16,19-20,25-28H,17-18H2,1-8H3. The van der Waals surface area contributed by atoms with Gasteiger partial charge < -0.3 is 23.7 Å². The van der Waals surface area contributed by atoms with Crippen LogP contribution < -0.4 is 4.74 Å². The Morgan fingerprint density at radius 2 is 1.00 bits per heavy atom. The smallest absolute Gasteiger partial charge is 0.308 e. The van der Waals surface area contributed by atoms with Crippen LogP contribution in [-0.4, -0.2) is 37.4 Å². The average molecular weight is 539 g/mol. The molecule has 0 aliphatic carbocycles. The van der Waals surface area contributed by atoms with Crippen molar-refractivity contribution in [3.63, 3.8) is 0 Å². The van der Waals surface area contributed by atoms with E-state index in [0.717, 1.165) is 22.6 Å². The first-order valence-corrected chi connectivity index (χ1v) is 13.8. The third-order valence-electron chi connectivity index (χ3n) is 7.91. The van der Waals surface area contributed by atoms with Crippen LogP contribution in [0.15, 0.2) is 48.5 Å². The van der Waals surface area contributed by atoms with Crippen molar-refractivity contribution in [1.29, 1.82) is 0 Å². The Morgan fingerprint density at radius 1 is 0.667 bits per heavy atom. The van der Waals surface area contributed by atoms with Crippen LogP contribution in [0.1, 0.15) is 78.7 Å². The number of hydrogen-bond donors (Lipinski definition) is 0. The zero-order valence-corrected chi connectivity index (χ0v) is 24.4. The first kappa shape index (κ1) is 29.1. The van der Waals surface area contributed by atoms with Gasteiger partial charge in [0.05, 0.1) is 24.0 Å². The summed E-state index contributed by atoms with van der Waals surface area (Å²) in [5, 5.41) is 0. The van der Waals surface area contributed by atoms with E-state index in [0.29, 0.717) is 0 Å². The molecule has 0 aromatic heterocycles. The molecule has 2 heterocycles. The molecular weight excluding hydrogens is 496 g/mol. The summed E-state index contributed by atoms with van der Waals surface area (Å²) in [5.74, 6) is 0.767. The van der Waals surface area contributed by atoms with E-state index in [9.17, 15) is 9.59 Å². The molecule has 4 unspecified atom stereocenters. The van der Waals surface area contributed by atoms with E-state index in [2.05, 4.69) is 27.7 Å². The van der Waals surface area contributed by atoms with Gasteiger partial charge >= 0.3 is 11.9 Å².